The molecule has 3 rings (SSSR count). The van der Waals surface area contributed by atoms with Crippen molar-refractivity contribution in [2.45, 2.75) is 62.6 Å². The van der Waals surface area contributed by atoms with Gasteiger partial charge in [-0.05, 0) is 57.4 Å². The number of amides is 2. The maximum Gasteiger partial charge on any atom is 0.408 e. The van der Waals surface area contributed by atoms with E-state index < -0.39 is 33.7 Å². The average Bonchev–Trinajstić information content (AvgIpc) is 3.50. The number of alkyl carbamates (subject to hydrolysis) is 1. The highest BCUT2D eigenvalue weighted by atomic mass is 32.2. The molecule has 2 aromatic carbocycles. The molecule has 0 saturated heterocycles. The van der Waals surface area contributed by atoms with Gasteiger partial charge in [0.2, 0.25) is 15.9 Å². The summed E-state index contributed by atoms with van der Waals surface area (Å²) in [6.07, 6.45) is 1.19. The van der Waals surface area contributed by atoms with Gasteiger partial charge in [0.05, 0.1) is 4.90 Å². The average molecular weight is 460 g/mol. The molecule has 1 unspecified atom stereocenters. The predicted molar refractivity (Wildman–Crippen MR) is 122 cm³/mol. The van der Waals surface area contributed by atoms with Crippen LogP contribution in [0.2, 0.25) is 0 Å². The third-order valence-corrected chi connectivity index (χ3v) is 6.12. The fraction of sp³-hybridized carbons (Fsp3) is 0.391. The predicted octanol–water partition coefficient (Wildman–Crippen LogP) is 3.20. The van der Waals surface area contributed by atoms with Crippen molar-refractivity contribution < 1.29 is 22.7 Å². The van der Waals surface area contributed by atoms with Crippen molar-refractivity contribution in [3.05, 3.63) is 60.2 Å². The molecule has 172 valence electrons. The Morgan fingerprint density at radius 3 is 2.38 bits per heavy atom. The fourth-order valence-electron chi connectivity index (χ4n) is 2.97. The van der Waals surface area contributed by atoms with Crippen molar-refractivity contribution in [2.24, 2.45) is 0 Å². The second-order valence-corrected chi connectivity index (χ2v) is 10.5. The van der Waals surface area contributed by atoms with Crippen LogP contribution in [0, 0.1) is 0 Å². The van der Waals surface area contributed by atoms with Gasteiger partial charge in [-0.25, -0.2) is 17.9 Å². The summed E-state index contributed by atoms with van der Waals surface area (Å²) in [6, 6.07) is 14.4. The molecule has 0 aliphatic heterocycles. The third kappa shape index (κ3) is 7.35. The topological polar surface area (TPSA) is 114 Å². The molecule has 2 amide bonds. The maximum atomic E-state index is 13.0. The Balaban J connectivity index is 1.75. The van der Waals surface area contributed by atoms with E-state index in [9.17, 15) is 18.0 Å². The Kier molecular flexibility index (Phi) is 7.20. The summed E-state index contributed by atoms with van der Waals surface area (Å²) >= 11 is 0. The summed E-state index contributed by atoms with van der Waals surface area (Å²) in [5.41, 5.74) is 0.459. The van der Waals surface area contributed by atoms with Crippen LogP contribution in [0.5, 0.6) is 0 Å². The number of rotatable bonds is 8. The molecular formula is C23H29N3O5S. The molecule has 9 heteroatoms. The summed E-state index contributed by atoms with van der Waals surface area (Å²) in [7, 11) is -3.65. The van der Waals surface area contributed by atoms with Gasteiger partial charge >= 0.3 is 6.09 Å². The van der Waals surface area contributed by atoms with E-state index in [0.717, 1.165) is 18.4 Å². The highest BCUT2D eigenvalue weighted by Crippen LogP contribution is 2.23. The molecule has 1 aliphatic carbocycles. The molecule has 1 aliphatic rings. The molecule has 1 atom stereocenters. The minimum absolute atomic E-state index is 0.0217. The minimum atomic E-state index is -3.65. The van der Waals surface area contributed by atoms with Crippen molar-refractivity contribution in [1.29, 1.82) is 0 Å². The van der Waals surface area contributed by atoms with Gasteiger partial charge in [-0.3, -0.25) is 4.79 Å². The van der Waals surface area contributed by atoms with E-state index in [0.29, 0.717) is 5.69 Å². The van der Waals surface area contributed by atoms with Crippen molar-refractivity contribution in [1.82, 2.24) is 10.0 Å². The van der Waals surface area contributed by atoms with Crippen LogP contribution >= 0.6 is 0 Å². The van der Waals surface area contributed by atoms with E-state index in [2.05, 4.69) is 15.4 Å². The van der Waals surface area contributed by atoms with Crippen molar-refractivity contribution in [2.75, 3.05) is 5.32 Å². The molecule has 0 aromatic heterocycles. The Bertz CT molecular complexity index is 1060. The third-order valence-electron chi connectivity index (χ3n) is 4.60. The standard InChI is InChI=1S/C23H29N3O5S/c1-23(2,3)31-22(28)25-20(14-16-8-5-4-6-9-16)21(27)24-18-10-7-11-19(15-18)32(29,30)26-17-12-13-17/h4-11,15,17,20,26H,12-14H2,1-3H3,(H,24,27)(H,25,28). The lowest BCUT2D eigenvalue weighted by Gasteiger charge is -2.23. The van der Waals surface area contributed by atoms with Gasteiger partial charge in [0, 0.05) is 18.2 Å². The highest BCUT2D eigenvalue weighted by Gasteiger charge is 2.29. The van der Waals surface area contributed by atoms with Crippen LogP contribution in [-0.2, 0) is 26.0 Å². The molecule has 1 fully saturated rings. The zero-order valence-corrected chi connectivity index (χ0v) is 19.2. The number of carbonyl (C=O) groups excluding carboxylic acids is 2. The lowest BCUT2D eigenvalue weighted by Crippen LogP contribution is -2.47. The molecule has 0 radical (unpaired) electrons. The minimum Gasteiger partial charge on any atom is -0.444 e. The van der Waals surface area contributed by atoms with E-state index in [1.54, 1.807) is 32.9 Å². The van der Waals surface area contributed by atoms with Crippen LogP contribution in [0.1, 0.15) is 39.2 Å². The first-order valence-corrected chi connectivity index (χ1v) is 12.0. The van der Waals surface area contributed by atoms with Crippen molar-refractivity contribution >= 4 is 27.7 Å². The van der Waals surface area contributed by atoms with Gasteiger partial charge in [0.1, 0.15) is 11.6 Å². The Morgan fingerprint density at radius 1 is 1.06 bits per heavy atom. The zero-order chi connectivity index (χ0) is 23.4. The van der Waals surface area contributed by atoms with Gasteiger partial charge in [-0.1, -0.05) is 36.4 Å². The van der Waals surface area contributed by atoms with Crippen LogP contribution in [0.25, 0.3) is 0 Å². The number of hydrogen-bond acceptors (Lipinski definition) is 5. The second kappa shape index (κ2) is 9.70. The van der Waals surface area contributed by atoms with E-state index in [4.69, 9.17) is 4.74 Å². The van der Waals surface area contributed by atoms with E-state index in [1.807, 2.05) is 30.3 Å². The molecule has 32 heavy (non-hydrogen) atoms. The van der Waals surface area contributed by atoms with Crippen molar-refractivity contribution in [3.63, 3.8) is 0 Å². The Hall–Kier alpha value is -2.91. The van der Waals surface area contributed by atoms with Crippen LogP contribution in [0.3, 0.4) is 0 Å². The lowest BCUT2D eigenvalue weighted by atomic mass is 10.1. The number of ether oxygens (including phenoxy) is 1. The van der Waals surface area contributed by atoms with Gasteiger partial charge in [-0.15, -0.1) is 0 Å². The smallest absolute Gasteiger partial charge is 0.408 e. The van der Waals surface area contributed by atoms with Crippen LogP contribution in [0.15, 0.2) is 59.5 Å². The van der Waals surface area contributed by atoms with Crippen molar-refractivity contribution in [3.8, 4) is 0 Å². The largest absolute Gasteiger partial charge is 0.444 e. The van der Waals surface area contributed by atoms with E-state index in [1.165, 1.54) is 12.1 Å². The number of carbonyl (C=O) groups is 2. The summed E-state index contributed by atoms with van der Waals surface area (Å²) in [6.45, 7) is 5.21. The van der Waals surface area contributed by atoms with Gasteiger partial charge in [0.25, 0.3) is 0 Å². The first-order chi connectivity index (χ1) is 15.0. The number of hydrogen-bond donors (Lipinski definition) is 3. The first-order valence-electron chi connectivity index (χ1n) is 10.5. The van der Waals surface area contributed by atoms with Gasteiger partial charge in [0.15, 0.2) is 0 Å². The van der Waals surface area contributed by atoms with Gasteiger partial charge in [-0.2, -0.15) is 0 Å². The van der Waals surface area contributed by atoms with E-state index in [-0.39, 0.29) is 17.4 Å². The van der Waals surface area contributed by atoms with Gasteiger partial charge < -0.3 is 15.4 Å². The Morgan fingerprint density at radius 2 is 1.75 bits per heavy atom. The number of sulfonamides is 1. The quantitative estimate of drug-likeness (QED) is 0.561. The van der Waals surface area contributed by atoms with E-state index >= 15 is 0 Å². The molecule has 3 N–H and O–H groups in total. The first kappa shape index (κ1) is 23.7. The summed E-state index contributed by atoms with van der Waals surface area (Å²) in [5.74, 6) is -0.482. The normalized spacial score (nSPS) is 15.0. The SMILES string of the molecule is CC(C)(C)OC(=O)NC(Cc1ccccc1)C(=O)Nc1cccc(S(=O)(=O)NC2CC2)c1. The molecule has 8 nitrogen and oxygen atoms in total. The number of nitrogens with one attached hydrogen (secondary N) is 3. The molecule has 0 spiro atoms. The summed E-state index contributed by atoms with van der Waals surface area (Å²) < 4.78 is 32.9. The molecule has 0 heterocycles. The fourth-order valence-corrected chi connectivity index (χ4v) is 4.32. The van der Waals surface area contributed by atoms with Crippen LogP contribution in [-0.4, -0.2) is 38.1 Å². The lowest BCUT2D eigenvalue weighted by molar-refractivity contribution is -0.118. The second-order valence-electron chi connectivity index (χ2n) is 8.80. The number of benzene rings is 2. The molecular weight excluding hydrogens is 430 g/mol. The monoisotopic (exact) mass is 459 g/mol. The Labute approximate surface area is 188 Å². The van der Waals surface area contributed by atoms with Crippen LogP contribution < -0.4 is 15.4 Å². The highest BCUT2D eigenvalue weighted by molar-refractivity contribution is 7.89. The summed E-state index contributed by atoms with van der Waals surface area (Å²) in [5, 5.41) is 5.33. The zero-order valence-electron chi connectivity index (χ0n) is 18.4. The van der Waals surface area contributed by atoms with Crippen LogP contribution in [0.4, 0.5) is 10.5 Å². The molecule has 2 aromatic rings. The number of anilines is 1. The summed E-state index contributed by atoms with van der Waals surface area (Å²) in [4.78, 5) is 25.4. The maximum absolute atomic E-state index is 13.0. The molecule has 1 saturated carbocycles. The molecule has 0 bridgehead atoms.